The highest BCUT2D eigenvalue weighted by Gasteiger charge is 2.02. The summed E-state index contributed by atoms with van der Waals surface area (Å²) in [7, 11) is 0. The van der Waals surface area contributed by atoms with E-state index in [4.69, 9.17) is 10.6 Å². The average Bonchev–Trinajstić information content (AvgIpc) is 2.36. The summed E-state index contributed by atoms with van der Waals surface area (Å²) in [5.41, 5.74) is 9.12. The van der Waals surface area contributed by atoms with Crippen LogP contribution in [0.3, 0.4) is 0 Å². The van der Waals surface area contributed by atoms with Crippen molar-refractivity contribution in [2.45, 2.75) is 32.2 Å². The maximum absolute atomic E-state index is 11.3. The van der Waals surface area contributed by atoms with Crippen LogP contribution in [0.15, 0.2) is 30.3 Å². The molecule has 0 saturated heterocycles. The molecule has 0 atom stereocenters. The highest BCUT2D eigenvalue weighted by atomic mass is 16.7. The second kappa shape index (κ2) is 8.73. The van der Waals surface area contributed by atoms with Crippen molar-refractivity contribution in [3.05, 3.63) is 35.9 Å². The van der Waals surface area contributed by atoms with Crippen LogP contribution in [0.1, 0.15) is 31.2 Å². The molecule has 1 aromatic rings. The zero-order chi connectivity index (χ0) is 12.3. The number of rotatable bonds is 8. The van der Waals surface area contributed by atoms with Gasteiger partial charge in [0.2, 0.25) is 0 Å². The second-order valence-corrected chi connectivity index (χ2v) is 3.88. The summed E-state index contributed by atoms with van der Waals surface area (Å²) < 4.78 is 0. The fourth-order valence-corrected chi connectivity index (χ4v) is 1.44. The summed E-state index contributed by atoms with van der Waals surface area (Å²) in [6.45, 7) is 1.22. The third-order valence-corrected chi connectivity index (χ3v) is 2.39. The third-order valence-electron chi connectivity index (χ3n) is 2.39. The molecular formula is C13H20N2O2. The quantitative estimate of drug-likeness (QED) is 0.533. The van der Waals surface area contributed by atoms with Crippen LogP contribution in [0.2, 0.25) is 0 Å². The number of benzene rings is 1. The Morgan fingerprint density at radius 2 is 1.94 bits per heavy atom. The van der Waals surface area contributed by atoms with Crippen LogP contribution in [0.4, 0.5) is 0 Å². The fraction of sp³-hybridized carbons (Fsp3) is 0.462. The van der Waals surface area contributed by atoms with Crippen molar-refractivity contribution in [3.8, 4) is 0 Å². The number of nitrogens with one attached hydrogen (secondary N) is 1. The van der Waals surface area contributed by atoms with Gasteiger partial charge in [-0.1, -0.05) is 36.8 Å². The van der Waals surface area contributed by atoms with E-state index >= 15 is 0 Å². The molecule has 4 nitrogen and oxygen atoms in total. The Bertz CT molecular complexity index is 314. The number of nitrogens with two attached hydrogens (primary N) is 1. The number of carbonyl (C=O) groups is 1. The van der Waals surface area contributed by atoms with E-state index < -0.39 is 0 Å². The standard InChI is InChI=1S/C13H20N2O2/c14-10-6-2-5-9-13(16)17-15-11-12-7-3-1-4-8-12/h1,3-4,7-8,15H,2,5-6,9-11,14H2. The van der Waals surface area contributed by atoms with Crippen molar-refractivity contribution in [2.75, 3.05) is 6.54 Å². The molecule has 0 aliphatic carbocycles. The maximum atomic E-state index is 11.3. The van der Waals surface area contributed by atoms with Crippen LogP contribution in [0.5, 0.6) is 0 Å². The lowest BCUT2D eigenvalue weighted by Gasteiger charge is -2.05. The van der Waals surface area contributed by atoms with Crippen LogP contribution in [0.25, 0.3) is 0 Å². The molecule has 0 unspecified atom stereocenters. The highest BCUT2D eigenvalue weighted by molar-refractivity contribution is 5.68. The SMILES string of the molecule is NCCCCCC(=O)ONCc1ccccc1. The molecule has 3 N–H and O–H groups in total. The first-order valence-electron chi connectivity index (χ1n) is 5.99. The third kappa shape index (κ3) is 6.71. The summed E-state index contributed by atoms with van der Waals surface area (Å²) in [5, 5.41) is 0. The van der Waals surface area contributed by atoms with Crippen molar-refractivity contribution >= 4 is 5.97 Å². The van der Waals surface area contributed by atoms with E-state index in [0.29, 0.717) is 19.5 Å². The molecule has 1 rings (SSSR count). The van der Waals surface area contributed by atoms with Crippen LogP contribution in [-0.2, 0) is 16.2 Å². The minimum atomic E-state index is -0.210. The molecule has 0 aliphatic heterocycles. The molecular weight excluding hydrogens is 216 g/mol. The summed E-state index contributed by atoms with van der Waals surface area (Å²) in [6.07, 6.45) is 3.22. The fourth-order valence-electron chi connectivity index (χ4n) is 1.44. The van der Waals surface area contributed by atoms with E-state index in [1.54, 1.807) is 0 Å². The minimum absolute atomic E-state index is 0.210. The lowest BCUT2D eigenvalue weighted by atomic mass is 10.2. The molecule has 1 aromatic carbocycles. The predicted octanol–water partition coefficient (Wildman–Crippen LogP) is 1.75. The van der Waals surface area contributed by atoms with Crippen molar-refractivity contribution < 1.29 is 9.63 Å². The van der Waals surface area contributed by atoms with Gasteiger partial charge in [-0.3, -0.25) is 4.79 Å². The Balaban J connectivity index is 2.04. The number of carbonyl (C=O) groups excluding carboxylic acids is 1. The molecule has 4 heteroatoms. The number of hydrogen-bond acceptors (Lipinski definition) is 4. The van der Waals surface area contributed by atoms with Crippen molar-refractivity contribution in [2.24, 2.45) is 5.73 Å². The zero-order valence-electron chi connectivity index (χ0n) is 10.0. The second-order valence-electron chi connectivity index (χ2n) is 3.88. The molecule has 0 radical (unpaired) electrons. The lowest BCUT2D eigenvalue weighted by Crippen LogP contribution is -2.19. The summed E-state index contributed by atoms with van der Waals surface area (Å²) in [6, 6.07) is 9.80. The first-order chi connectivity index (χ1) is 8.33. The van der Waals surface area contributed by atoms with Crippen molar-refractivity contribution in [3.63, 3.8) is 0 Å². The van der Waals surface area contributed by atoms with Gasteiger partial charge < -0.3 is 10.6 Å². The monoisotopic (exact) mass is 236 g/mol. The van der Waals surface area contributed by atoms with E-state index in [0.717, 1.165) is 24.8 Å². The Hall–Kier alpha value is -1.39. The Morgan fingerprint density at radius 3 is 2.65 bits per heavy atom. The van der Waals surface area contributed by atoms with Crippen molar-refractivity contribution in [1.82, 2.24) is 5.48 Å². The van der Waals surface area contributed by atoms with Gasteiger partial charge in [-0.05, 0) is 24.9 Å². The molecule has 94 valence electrons. The Kier molecular flexibility index (Phi) is 7.02. The van der Waals surface area contributed by atoms with Gasteiger partial charge in [-0.25, -0.2) is 0 Å². The molecule has 0 heterocycles. The van der Waals surface area contributed by atoms with Gasteiger partial charge in [-0.2, -0.15) is 0 Å². The Labute approximate surface area is 102 Å². The number of hydrogen-bond donors (Lipinski definition) is 2. The molecule has 0 saturated carbocycles. The van der Waals surface area contributed by atoms with Gasteiger partial charge >= 0.3 is 5.97 Å². The predicted molar refractivity (Wildman–Crippen MR) is 66.9 cm³/mol. The smallest absolute Gasteiger partial charge is 0.324 e. The maximum Gasteiger partial charge on any atom is 0.324 e. The molecule has 17 heavy (non-hydrogen) atoms. The van der Waals surface area contributed by atoms with Gasteiger partial charge in [0.05, 0.1) is 6.54 Å². The summed E-state index contributed by atoms with van der Waals surface area (Å²) in [5.74, 6) is -0.210. The summed E-state index contributed by atoms with van der Waals surface area (Å²) >= 11 is 0. The average molecular weight is 236 g/mol. The number of hydroxylamine groups is 1. The van der Waals surface area contributed by atoms with Crippen LogP contribution >= 0.6 is 0 Å². The van der Waals surface area contributed by atoms with Crippen LogP contribution in [0, 0.1) is 0 Å². The number of unbranched alkanes of at least 4 members (excludes halogenated alkanes) is 2. The summed E-state index contributed by atoms with van der Waals surface area (Å²) in [4.78, 5) is 16.2. The first-order valence-corrected chi connectivity index (χ1v) is 5.99. The van der Waals surface area contributed by atoms with Gasteiger partial charge in [-0.15, -0.1) is 5.48 Å². The van der Waals surface area contributed by atoms with E-state index in [-0.39, 0.29) is 5.97 Å². The lowest BCUT2D eigenvalue weighted by molar-refractivity contribution is -0.151. The van der Waals surface area contributed by atoms with E-state index in [1.807, 2.05) is 30.3 Å². The van der Waals surface area contributed by atoms with Gasteiger partial charge in [0, 0.05) is 6.42 Å². The van der Waals surface area contributed by atoms with Crippen LogP contribution < -0.4 is 11.2 Å². The van der Waals surface area contributed by atoms with Crippen LogP contribution in [-0.4, -0.2) is 12.5 Å². The molecule has 0 amide bonds. The zero-order valence-corrected chi connectivity index (χ0v) is 10.0. The van der Waals surface area contributed by atoms with Gasteiger partial charge in [0.1, 0.15) is 0 Å². The van der Waals surface area contributed by atoms with E-state index in [9.17, 15) is 4.79 Å². The van der Waals surface area contributed by atoms with Crippen molar-refractivity contribution in [1.29, 1.82) is 0 Å². The Morgan fingerprint density at radius 1 is 1.18 bits per heavy atom. The highest BCUT2D eigenvalue weighted by Crippen LogP contribution is 2.00. The minimum Gasteiger partial charge on any atom is -0.370 e. The van der Waals surface area contributed by atoms with E-state index in [1.165, 1.54) is 0 Å². The largest absolute Gasteiger partial charge is 0.370 e. The molecule has 0 spiro atoms. The first kappa shape index (κ1) is 13.7. The molecule has 0 aromatic heterocycles. The van der Waals surface area contributed by atoms with Gasteiger partial charge in [0.15, 0.2) is 0 Å². The molecule has 0 fully saturated rings. The van der Waals surface area contributed by atoms with E-state index in [2.05, 4.69) is 5.48 Å². The molecule has 0 aliphatic rings. The van der Waals surface area contributed by atoms with Gasteiger partial charge in [0.25, 0.3) is 0 Å². The topological polar surface area (TPSA) is 64.4 Å². The normalized spacial score (nSPS) is 10.2. The molecule has 0 bridgehead atoms.